The lowest BCUT2D eigenvalue weighted by molar-refractivity contribution is -0.384. The summed E-state index contributed by atoms with van der Waals surface area (Å²) in [6.07, 6.45) is 1.26. The number of carbonyl (C=O) groups is 1. The van der Waals surface area contributed by atoms with E-state index >= 15 is 0 Å². The third kappa shape index (κ3) is 3.57. The minimum absolute atomic E-state index is 0.0657. The Morgan fingerprint density at radius 2 is 1.82 bits per heavy atom. The number of aromatic carboxylic acids is 1. The van der Waals surface area contributed by atoms with Crippen LogP contribution in [0.25, 0.3) is 16.9 Å². The fourth-order valence-corrected chi connectivity index (χ4v) is 3.03. The summed E-state index contributed by atoms with van der Waals surface area (Å²) in [4.78, 5) is 22.4. The minimum atomic E-state index is -1.09. The van der Waals surface area contributed by atoms with Crippen molar-refractivity contribution in [2.24, 2.45) is 0 Å². The fourth-order valence-electron chi connectivity index (χ4n) is 3.03. The Hall–Kier alpha value is -3.68. The van der Waals surface area contributed by atoms with Crippen molar-refractivity contribution < 1.29 is 19.6 Å². The van der Waals surface area contributed by atoms with Crippen LogP contribution in [0.5, 0.6) is 5.75 Å². The molecule has 8 nitrogen and oxygen atoms in total. The standard InChI is InChI=1S/C20H19N3O5/c1-3-4-17-18(20(24)25)19(13-5-7-15(8-6-13)23(26)27)21-22(17)14-9-11-16(28-2)12-10-14/h5-12H,3-4H2,1-2H3,(H,24,25). The van der Waals surface area contributed by atoms with Crippen molar-refractivity contribution in [2.45, 2.75) is 19.8 Å². The van der Waals surface area contributed by atoms with Gasteiger partial charge in [-0.05, 0) is 42.8 Å². The van der Waals surface area contributed by atoms with Gasteiger partial charge >= 0.3 is 5.97 Å². The summed E-state index contributed by atoms with van der Waals surface area (Å²) >= 11 is 0. The van der Waals surface area contributed by atoms with Gasteiger partial charge in [0.05, 0.1) is 23.4 Å². The molecule has 3 rings (SSSR count). The summed E-state index contributed by atoms with van der Waals surface area (Å²) in [5, 5.41) is 25.3. The highest BCUT2D eigenvalue weighted by Gasteiger charge is 2.25. The normalized spacial score (nSPS) is 10.6. The molecule has 0 atom stereocenters. The number of carboxylic acids is 1. The smallest absolute Gasteiger partial charge is 0.339 e. The van der Waals surface area contributed by atoms with Crippen molar-refractivity contribution in [1.29, 1.82) is 0 Å². The number of benzene rings is 2. The number of carboxylic acid groups (broad SMARTS) is 1. The van der Waals surface area contributed by atoms with Crippen molar-refractivity contribution in [3.63, 3.8) is 0 Å². The monoisotopic (exact) mass is 381 g/mol. The van der Waals surface area contributed by atoms with Gasteiger partial charge in [0, 0.05) is 17.7 Å². The van der Waals surface area contributed by atoms with Crippen LogP contribution in [-0.2, 0) is 6.42 Å². The molecule has 1 aromatic heterocycles. The van der Waals surface area contributed by atoms with E-state index in [4.69, 9.17) is 4.74 Å². The predicted octanol–water partition coefficient (Wildman–Crippen LogP) is 4.11. The zero-order valence-electron chi connectivity index (χ0n) is 15.5. The second-order valence-electron chi connectivity index (χ2n) is 6.14. The van der Waals surface area contributed by atoms with E-state index in [-0.39, 0.29) is 16.9 Å². The Kier molecular flexibility index (Phi) is 5.39. The van der Waals surface area contributed by atoms with Crippen LogP contribution in [0.15, 0.2) is 48.5 Å². The van der Waals surface area contributed by atoms with E-state index in [9.17, 15) is 20.0 Å². The first-order valence-electron chi connectivity index (χ1n) is 8.70. The molecule has 0 unspecified atom stereocenters. The number of non-ortho nitro benzene ring substituents is 1. The molecule has 1 heterocycles. The van der Waals surface area contributed by atoms with Gasteiger partial charge in [0.2, 0.25) is 0 Å². The highest BCUT2D eigenvalue weighted by atomic mass is 16.6. The molecule has 3 aromatic rings. The molecule has 0 saturated carbocycles. The van der Waals surface area contributed by atoms with Crippen LogP contribution >= 0.6 is 0 Å². The zero-order valence-corrected chi connectivity index (χ0v) is 15.5. The fraction of sp³-hybridized carbons (Fsp3) is 0.200. The van der Waals surface area contributed by atoms with E-state index in [2.05, 4.69) is 5.10 Å². The molecule has 0 aliphatic rings. The molecule has 1 N–H and O–H groups in total. The molecule has 144 valence electrons. The molecule has 0 saturated heterocycles. The van der Waals surface area contributed by atoms with Gasteiger partial charge in [-0.2, -0.15) is 5.10 Å². The summed E-state index contributed by atoms with van der Waals surface area (Å²) < 4.78 is 6.79. The van der Waals surface area contributed by atoms with Gasteiger partial charge in [0.25, 0.3) is 5.69 Å². The summed E-state index contributed by atoms with van der Waals surface area (Å²) in [6.45, 7) is 1.96. The number of hydrogen-bond donors (Lipinski definition) is 1. The van der Waals surface area contributed by atoms with Gasteiger partial charge in [0.15, 0.2) is 0 Å². The largest absolute Gasteiger partial charge is 0.497 e. The van der Waals surface area contributed by atoms with Crippen LogP contribution in [0.1, 0.15) is 29.4 Å². The lowest BCUT2D eigenvalue weighted by Crippen LogP contribution is -2.06. The molecule has 0 radical (unpaired) electrons. The second kappa shape index (κ2) is 7.91. The number of nitro benzene ring substituents is 1. The number of nitrogens with zero attached hydrogens (tertiary/aromatic N) is 3. The van der Waals surface area contributed by atoms with Crippen molar-refractivity contribution in [3.8, 4) is 22.7 Å². The van der Waals surface area contributed by atoms with Gasteiger partial charge in [-0.15, -0.1) is 0 Å². The quantitative estimate of drug-likeness (QED) is 0.487. The van der Waals surface area contributed by atoms with Crippen LogP contribution in [0.3, 0.4) is 0 Å². The molecule has 28 heavy (non-hydrogen) atoms. The zero-order chi connectivity index (χ0) is 20.3. The second-order valence-corrected chi connectivity index (χ2v) is 6.14. The van der Waals surface area contributed by atoms with Crippen molar-refractivity contribution in [2.75, 3.05) is 7.11 Å². The van der Waals surface area contributed by atoms with Gasteiger partial charge in [0.1, 0.15) is 17.0 Å². The third-order valence-corrected chi connectivity index (χ3v) is 4.35. The summed E-state index contributed by atoms with van der Waals surface area (Å²) in [5.41, 5.74) is 2.11. The molecule has 8 heteroatoms. The maximum Gasteiger partial charge on any atom is 0.339 e. The number of nitro groups is 1. The van der Waals surface area contributed by atoms with E-state index in [1.807, 2.05) is 6.92 Å². The van der Waals surface area contributed by atoms with E-state index in [0.29, 0.717) is 29.1 Å². The van der Waals surface area contributed by atoms with Gasteiger partial charge < -0.3 is 9.84 Å². The van der Waals surface area contributed by atoms with Crippen molar-refractivity contribution in [3.05, 3.63) is 69.9 Å². The van der Waals surface area contributed by atoms with Crippen LogP contribution in [0, 0.1) is 10.1 Å². The number of ether oxygens (including phenoxy) is 1. The minimum Gasteiger partial charge on any atom is -0.497 e. The van der Waals surface area contributed by atoms with E-state index in [1.54, 1.807) is 36.1 Å². The molecule has 0 amide bonds. The first kappa shape index (κ1) is 19.1. The molecular weight excluding hydrogens is 362 g/mol. The Bertz CT molecular complexity index is 1010. The number of aromatic nitrogens is 2. The molecule has 0 aliphatic carbocycles. The Balaban J connectivity index is 2.18. The summed E-state index contributed by atoms with van der Waals surface area (Å²) in [6, 6.07) is 12.9. The maximum atomic E-state index is 12.0. The maximum absolute atomic E-state index is 12.0. The number of rotatable bonds is 7. The Labute approximate surface area is 161 Å². The lowest BCUT2D eigenvalue weighted by Gasteiger charge is -2.08. The Morgan fingerprint density at radius 3 is 2.32 bits per heavy atom. The van der Waals surface area contributed by atoms with E-state index < -0.39 is 10.9 Å². The molecule has 0 fully saturated rings. The average molecular weight is 381 g/mol. The third-order valence-electron chi connectivity index (χ3n) is 4.35. The van der Waals surface area contributed by atoms with E-state index in [1.165, 1.54) is 24.3 Å². The van der Waals surface area contributed by atoms with Crippen LogP contribution < -0.4 is 4.74 Å². The molecule has 0 bridgehead atoms. The van der Waals surface area contributed by atoms with Crippen molar-refractivity contribution >= 4 is 11.7 Å². The van der Waals surface area contributed by atoms with Gasteiger partial charge in [-0.1, -0.05) is 13.3 Å². The lowest BCUT2D eigenvalue weighted by atomic mass is 10.0. The van der Waals surface area contributed by atoms with E-state index in [0.717, 1.165) is 6.42 Å². The van der Waals surface area contributed by atoms with Crippen LogP contribution in [0.4, 0.5) is 5.69 Å². The molecule has 0 aliphatic heterocycles. The number of hydrogen-bond acceptors (Lipinski definition) is 5. The Morgan fingerprint density at radius 1 is 1.18 bits per heavy atom. The number of methoxy groups -OCH3 is 1. The topological polar surface area (TPSA) is 107 Å². The van der Waals surface area contributed by atoms with Crippen molar-refractivity contribution in [1.82, 2.24) is 9.78 Å². The highest BCUT2D eigenvalue weighted by Crippen LogP contribution is 2.30. The molecular formula is C20H19N3O5. The first-order chi connectivity index (χ1) is 13.5. The van der Waals surface area contributed by atoms with Crippen LogP contribution in [-0.4, -0.2) is 32.9 Å². The molecule has 0 spiro atoms. The first-order valence-corrected chi connectivity index (χ1v) is 8.70. The highest BCUT2D eigenvalue weighted by molar-refractivity contribution is 5.96. The summed E-state index contributed by atoms with van der Waals surface area (Å²) in [7, 11) is 1.57. The van der Waals surface area contributed by atoms with Gasteiger partial charge in [-0.3, -0.25) is 10.1 Å². The van der Waals surface area contributed by atoms with Gasteiger partial charge in [-0.25, -0.2) is 9.48 Å². The SMILES string of the molecule is CCCc1c(C(=O)O)c(-c2ccc([N+](=O)[O-])cc2)nn1-c1ccc(OC)cc1. The predicted molar refractivity (Wildman–Crippen MR) is 103 cm³/mol. The summed E-state index contributed by atoms with van der Waals surface area (Å²) in [5.74, 6) is -0.404. The van der Waals surface area contributed by atoms with Crippen LogP contribution in [0.2, 0.25) is 0 Å². The average Bonchev–Trinajstić information content (AvgIpc) is 3.08. The molecule has 2 aromatic carbocycles.